The van der Waals surface area contributed by atoms with E-state index in [-0.39, 0.29) is 5.11 Å². The molecule has 1 aromatic heterocycles. The Morgan fingerprint density at radius 3 is 2.62 bits per heavy atom. The number of hydrogen-bond acceptors (Lipinski definition) is 6. The molecule has 7 nitrogen and oxygen atoms in total. The molecule has 3 N–H and O–H groups in total. The molecule has 26 heavy (non-hydrogen) atoms. The highest BCUT2D eigenvalue weighted by molar-refractivity contribution is 7.80. The topological polar surface area (TPSA) is 79.3 Å². The van der Waals surface area contributed by atoms with E-state index in [1.165, 1.54) is 5.69 Å². The third-order valence-electron chi connectivity index (χ3n) is 4.24. The average Bonchev–Trinajstić information content (AvgIpc) is 3.09. The van der Waals surface area contributed by atoms with Gasteiger partial charge in [-0.3, -0.25) is 10.3 Å². The van der Waals surface area contributed by atoms with Crippen LogP contribution in [0.5, 0.6) is 5.75 Å². The first-order valence-electron chi connectivity index (χ1n) is 8.42. The zero-order valence-corrected chi connectivity index (χ0v) is 15.5. The summed E-state index contributed by atoms with van der Waals surface area (Å²) in [4.78, 5) is 4.77. The van der Waals surface area contributed by atoms with Crippen molar-refractivity contribution >= 4 is 29.2 Å². The maximum absolute atomic E-state index is 5.76. The van der Waals surface area contributed by atoms with Crippen molar-refractivity contribution in [1.82, 2.24) is 10.3 Å². The van der Waals surface area contributed by atoms with E-state index in [1.807, 2.05) is 24.3 Å². The van der Waals surface area contributed by atoms with Gasteiger partial charge in [-0.05, 0) is 48.6 Å². The first-order valence-corrected chi connectivity index (χ1v) is 8.83. The van der Waals surface area contributed by atoms with Crippen molar-refractivity contribution in [3.8, 4) is 5.75 Å². The summed E-state index contributed by atoms with van der Waals surface area (Å²) >= 11 is 4.69. The predicted molar refractivity (Wildman–Crippen MR) is 107 cm³/mol. The van der Waals surface area contributed by atoms with Crippen LogP contribution in [0.25, 0.3) is 0 Å². The van der Waals surface area contributed by atoms with Gasteiger partial charge in [0.25, 0.3) is 0 Å². The summed E-state index contributed by atoms with van der Waals surface area (Å²) < 4.78 is 11.0. The monoisotopic (exact) mass is 373 g/mol. The Bertz CT molecular complexity index is 751. The molecular weight excluding hydrogens is 350 g/mol. The van der Waals surface area contributed by atoms with Gasteiger partial charge >= 0.3 is 0 Å². The fourth-order valence-corrected chi connectivity index (χ4v) is 2.94. The summed E-state index contributed by atoms with van der Waals surface area (Å²) in [6, 6.07) is 12.1. The Balaban J connectivity index is 1.48. The summed E-state index contributed by atoms with van der Waals surface area (Å²) in [5.74, 6) is 2.47. The number of nitrogens with zero attached hydrogens (tertiary/aromatic N) is 3. The lowest BCUT2D eigenvalue weighted by Crippen LogP contribution is -2.45. The molecule has 1 aromatic carbocycles. The number of ether oxygens (including phenoxy) is 1. The first-order chi connectivity index (χ1) is 12.6. The van der Waals surface area contributed by atoms with E-state index in [0.29, 0.717) is 5.76 Å². The lowest BCUT2D eigenvalue weighted by atomic mass is 10.2. The van der Waals surface area contributed by atoms with Gasteiger partial charge in [0.1, 0.15) is 17.3 Å². The molecule has 0 radical (unpaired) electrons. The largest absolute Gasteiger partial charge is 0.497 e. The van der Waals surface area contributed by atoms with Crippen molar-refractivity contribution in [2.75, 3.05) is 38.2 Å². The van der Waals surface area contributed by atoms with Gasteiger partial charge in [0.05, 0.1) is 19.9 Å². The van der Waals surface area contributed by atoms with Crippen LogP contribution >= 0.6 is 12.2 Å². The maximum Gasteiger partial charge on any atom is 0.184 e. The van der Waals surface area contributed by atoms with Crippen LogP contribution in [-0.2, 0) is 6.54 Å². The van der Waals surface area contributed by atoms with Crippen LogP contribution < -0.4 is 20.8 Å². The Kier molecular flexibility index (Phi) is 6.08. The molecule has 0 saturated carbocycles. The third-order valence-corrected chi connectivity index (χ3v) is 4.33. The van der Waals surface area contributed by atoms with Crippen LogP contribution in [0.3, 0.4) is 0 Å². The molecule has 2 aromatic rings. The van der Waals surface area contributed by atoms with Crippen molar-refractivity contribution in [3.63, 3.8) is 0 Å². The Labute approximate surface area is 158 Å². The SMILES string of the molecule is COc1ccc(N2CCN(Cc3ccc(/C=N/NC(N)=S)o3)CC2)cc1. The lowest BCUT2D eigenvalue weighted by Gasteiger charge is -2.35. The van der Waals surface area contributed by atoms with E-state index in [1.54, 1.807) is 13.3 Å². The van der Waals surface area contributed by atoms with Crippen molar-refractivity contribution in [1.29, 1.82) is 0 Å². The number of rotatable bonds is 6. The van der Waals surface area contributed by atoms with Crippen molar-refractivity contribution in [3.05, 3.63) is 47.9 Å². The molecule has 0 amide bonds. The fraction of sp³-hybridized carbons (Fsp3) is 0.333. The van der Waals surface area contributed by atoms with Crippen LogP contribution in [-0.4, -0.2) is 49.5 Å². The zero-order valence-electron chi connectivity index (χ0n) is 14.7. The summed E-state index contributed by atoms with van der Waals surface area (Å²) in [5, 5.41) is 4.02. The number of hydrogen-bond donors (Lipinski definition) is 2. The van der Waals surface area contributed by atoms with Crippen LogP contribution in [0.4, 0.5) is 5.69 Å². The van der Waals surface area contributed by atoms with Crippen LogP contribution in [0, 0.1) is 0 Å². The highest BCUT2D eigenvalue weighted by Gasteiger charge is 2.18. The third kappa shape index (κ3) is 4.96. The minimum absolute atomic E-state index is 0.128. The van der Waals surface area contributed by atoms with Gasteiger partial charge in [0.2, 0.25) is 0 Å². The second kappa shape index (κ2) is 8.68. The molecule has 1 fully saturated rings. The Morgan fingerprint density at radius 1 is 1.23 bits per heavy atom. The molecule has 138 valence electrons. The number of furan rings is 1. The summed E-state index contributed by atoms with van der Waals surface area (Å²) in [5.41, 5.74) is 9.05. The summed E-state index contributed by atoms with van der Waals surface area (Å²) in [6.07, 6.45) is 1.56. The Morgan fingerprint density at radius 2 is 1.96 bits per heavy atom. The van der Waals surface area contributed by atoms with Gasteiger partial charge in [0, 0.05) is 31.9 Å². The normalized spacial score (nSPS) is 15.3. The van der Waals surface area contributed by atoms with E-state index in [9.17, 15) is 0 Å². The van der Waals surface area contributed by atoms with Gasteiger partial charge in [-0.1, -0.05) is 0 Å². The minimum Gasteiger partial charge on any atom is -0.497 e. The van der Waals surface area contributed by atoms with Crippen molar-refractivity contribution < 1.29 is 9.15 Å². The van der Waals surface area contributed by atoms with Gasteiger partial charge < -0.3 is 19.8 Å². The Hall–Kier alpha value is -2.58. The average molecular weight is 373 g/mol. The van der Waals surface area contributed by atoms with Crippen molar-refractivity contribution in [2.45, 2.75) is 6.54 Å². The molecule has 8 heteroatoms. The van der Waals surface area contributed by atoms with E-state index in [4.69, 9.17) is 14.9 Å². The smallest absolute Gasteiger partial charge is 0.184 e. The molecule has 1 aliphatic heterocycles. The molecule has 1 saturated heterocycles. The number of nitrogens with two attached hydrogens (primary N) is 1. The quantitative estimate of drug-likeness (QED) is 0.454. The lowest BCUT2D eigenvalue weighted by molar-refractivity contribution is 0.230. The minimum atomic E-state index is 0.128. The molecular formula is C18H23N5O2S. The number of thiocarbonyl (C=S) groups is 1. The molecule has 2 heterocycles. The number of piperazine rings is 1. The predicted octanol–water partition coefficient (Wildman–Crippen LogP) is 1.78. The molecule has 0 aliphatic carbocycles. The number of hydrazone groups is 1. The number of benzene rings is 1. The van der Waals surface area contributed by atoms with Gasteiger partial charge in [-0.2, -0.15) is 5.10 Å². The van der Waals surface area contributed by atoms with E-state index in [0.717, 1.165) is 44.2 Å². The molecule has 0 atom stereocenters. The molecule has 0 bridgehead atoms. The van der Waals surface area contributed by atoms with Crippen LogP contribution in [0.2, 0.25) is 0 Å². The molecule has 0 spiro atoms. The standard InChI is InChI=1S/C18H23N5O2S/c1-24-15-4-2-14(3-5-15)23-10-8-22(9-11-23)13-17-7-6-16(25-17)12-20-21-18(19)26/h2-7,12H,8-11,13H2,1H3,(H3,19,21,26)/b20-12+. The molecule has 0 unspecified atom stereocenters. The van der Waals surface area contributed by atoms with E-state index >= 15 is 0 Å². The number of methoxy groups -OCH3 is 1. The zero-order chi connectivity index (χ0) is 18.4. The summed E-state index contributed by atoms with van der Waals surface area (Å²) in [6.45, 7) is 4.73. The number of anilines is 1. The highest BCUT2D eigenvalue weighted by atomic mass is 32.1. The second-order valence-electron chi connectivity index (χ2n) is 6.00. The van der Waals surface area contributed by atoms with Gasteiger partial charge in [-0.15, -0.1) is 0 Å². The van der Waals surface area contributed by atoms with Gasteiger partial charge in [0.15, 0.2) is 5.11 Å². The van der Waals surface area contributed by atoms with Crippen LogP contribution in [0.15, 0.2) is 45.9 Å². The first kappa shape index (κ1) is 18.2. The van der Waals surface area contributed by atoms with E-state index in [2.05, 4.69) is 44.7 Å². The number of nitrogens with one attached hydrogen (secondary N) is 1. The van der Waals surface area contributed by atoms with Crippen LogP contribution in [0.1, 0.15) is 11.5 Å². The fourth-order valence-electron chi connectivity index (χ4n) is 2.89. The molecule has 1 aliphatic rings. The van der Waals surface area contributed by atoms with Gasteiger partial charge in [-0.25, -0.2) is 0 Å². The summed E-state index contributed by atoms with van der Waals surface area (Å²) in [7, 11) is 1.68. The van der Waals surface area contributed by atoms with Crippen molar-refractivity contribution in [2.24, 2.45) is 10.8 Å². The van der Waals surface area contributed by atoms with E-state index < -0.39 is 0 Å². The molecule has 3 rings (SSSR count). The second-order valence-corrected chi connectivity index (χ2v) is 6.44. The highest BCUT2D eigenvalue weighted by Crippen LogP contribution is 2.21. The maximum atomic E-state index is 5.76.